The number of hydrogen-bond donors (Lipinski definition) is 1. The molecule has 0 unspecified atom stereocenters. The molecule has 10 heteroatoms. The molecule has 0 aliphatic carbocycles. The van der Waals surface area contributed by atoms with Crippen molar-refractivity contribution in [3.8, 4) is 17.3 Å². The molecule has 9 nitrogen and oxygen atoms in total. The Kier molecular flexibility index (Phi) is 6.16. The summed E-state index contributed by atoms with van der Waals surface area (Å²) in [5.74, 6) is 0.365. The largest absolute Gasteiger partial charge is 0.473 e. The lowest BCUT2D eigenvalue weighted by molar-refractivity contribution is -0.113. The van der Waals surface area contributed by atoms with Crippen molar-refractivity contribution in [1.29, 1.82) is 0 Å². The number of ether oxygens (including phenoxy) is 1. The van der Waals surface area contributed by atoms with E-state index in [9.17, 15) is 14.0 Å². The second kappa shape index (κ2) is 9.19. The van der Waals surface area contributed by atoms with E-state index in [1.54, 1.807) is 27.8 Å². The zero-order valence-corrected chi connectivity index (χ0v) is 18.3. The minimum atomic E-state index is -0.391. The third-order valence-electron chi connectivity index (χ3n) is 5.47. The number of fused-ring (bicyclic) bond motifs is 1. The van der Waals surface area contributed by atoms with Crippen LogP contribution in [0.15, 0.2) is 48.2 Å². The average Bonchev–Trinajstić information content (AvgIpc) is 3.25. The van der Waals surface area contributed by atoms with Crippen molar-refractivity contribution in [1.82, 2.24) is 24.6 Å². The highest BCUT2D eigenvalue weighted by atomic mass is 19.1. The van der Waals surface area contributed by atoms with Crippen molar-refractivity contribution in [2.45, 2.75) is 20.4 Å². The van der Waals surface area contributed by atoms with Crippen LogP contribution in [0.5, 0.6) is 5.88 Å². The molecule has 1 aliphatic heterocycles. The summed E-state index contributed by atoms with van der Waals surface area (Å²) in [4.78, 5) is 30.5. The third-order valence-corrected chi connectivity index (χ3v) is 5.47. The second-order valence-electron chi connectivity index (χ2n) is 7.51. The first kappa shape index (κ1) is 22.1. The number of rotatable bonds is 7. The number of likely N-dealkylation sites (N-methyl/N-ethyl adjacent to an activating group) is 1. The number of ketones is 1. The Morgan fingerprint density at radius 1 is 1.12 bits per heavy atom. The predicted octanol–water partition coefficient (Wildman–Crippen LogP) is 2.29. The molecule has 0 radical (unpaired) electrons. The van der Waals surface area contributed by atoms with Gasteiger partial charge in [0, 0.05) is 43.2 Å². The summed E-state index contributed by atoms with van der Waals surface area (Å²) in [6.07, 6.45) is 1.57. The SMILES string of the molecule is CCN1CCn2c(nnc2-c2ccc(OC/C(C(C)=O)=C(/N)c3ccc(F)cc3)nc2)C1=O. The van der Waals surface area contributed by atoms with E-state index in [1.165, 1.54) is 31.2 Å². The Balaban J connectivity index is 1.50. The summed E-state index contributed by atoms with van der Waals surface area (Å²) in [7, 11) is 0. The van der Waals surface area contributed by atoms with Crippen molar-refractivity contribution in [2.24, 2.45) is 5.73 Å². The molecule has 3 aromatic rings. The molecule has 3 heterocycles. The Bertz CT molecular complexity index is 1220. The molecule has 0 saturated heterocycles. The lowest BCUT2D eigenvalue weighted by atomic mass is 10.0. The second-order valence-corrected chi connectivity index (χ2v) is 7.51. The molecule has 0 fully saturated rings. The van der Waals surface area contributed by atoms with Crippen LogP contribution in [0.25, 0.3) is 17.1 Å². The lowest BCUT2D eigenvalue weighted by Crippen LogP contribution is -2.40. The van der Waals surface area contributed by atoms with Gasteiger partial charge in [0.2, 0.25) is 11.7 Å². The normalized spacial score (nSPS) is 14.0. The van der Waals surface area contributed by atoms with Gasteiger partial charge in [-0.3, -0.25) is 9.59 Å². The van der Waals surface area contributed by atoms with Crippen molar-refractivity contribution in [2.75, 3.05) is 19.7 Å². The number of nitrogens with zero attached hydrogens (tertiary/aromatic N) is 5. The summed E-state index contributed by atoms with van der Waals surface area (Å²) in [6, 6.07) is 8.96. The van der Waals surface area contributed by atoms with Crippen molar-refractivity contribution >= 4 is 17.4 Å². The number of carbonyl (C=O) groups excluding carboxylic acids is 2. The van der Waals surface area contributed by atoms with Gasteiger partial charge in [-0.2, -0.15) is 0 Å². The molecule has 0 atom stereocenters. The number of nitrogens with two attached hydrogens (primary N) is 1. The maximum atomic E-state index is 13.2. The molecule has 33 heavy (non-hydrogen) atoms. The first-order valence-corrected chi connectivity index (χ1v) is 10.5. The van der Waals surface area contributed by atoms with E-state index >= 15 is 0 Å². The number of aromatic nitrogens is 4. The number of halogens is 1. The number of Topliss-reactive ketones (excluding diaryl/α,β-unsaturated/α-hetero) is 1. The highest BCUT2D eigenvalue weighted by Crippen LogP contribution is 2.23. The molecule has 1 aliphatic rings. The molecular formula is C23H23FN6O3. The quantitative estimate of drug-likeness (QED) is 0.549. The topological polar surface area (TPSA) is 116 Å². The van der Waals surface area contributed by atoms with Gasteiger partial charge in [-0.1, -0.05) is 0 Å². The molecule has 0 spiro atoms. The van der Waals surface area contributed by atoms with Crippen LogP contribution in [0.2, 0.25) is 0 Å². The highest BCUT2D eigenvalue weighted by Gasteiger charge is 2.28. The van der Waals surface area contributed by atoms with Gasteiger partial charge in [0.1, 0.15) is 12.4 Å². The molecular weight excluding hydrogens is 427 g/mol. The standard InChI is InChI=1S/C23H23FN6O3/c1-3-29-10-11-30-21(27-28-22(30)23(29)32)16-6-9-19(26-12-16)33-13-18(14(2)31)20(25)15-4-7-17(24)8-5-15/h4-9,12H,3,10-11,13,25H2,1-2H3/b20-18-. The zero-order chi connectivity index (χ0) is 23.5. The van der Waals surface area contributed by atoms with Gasteiger partial charge in [-0.25, -0.2) is 9.37 Å². The van der Waals surface area contributed by atoms with Gasteiger partial charge in [0.05, 0.1) is 5.57 Å². The molecule has 0 saturated carbocycles. The van der Waals surface area contributed by atoms with Gasteiger partial charge in [-0.05, 0) is 49.7 Å². The van der Waals surface area contributed by atoms with Crippen molar-refractivity contribution in [3.63, 3.8) is 0 Å². The van der Waals surface area contributed by atoms with E-state index in [1.807, 2.05) is 6.92 Å². The fourth-order valence-corrected chi connectivity index (χ4v) is 3.57. The maximum Gasteiger partial charge on any atom is 0.291 e. The van der Waals surface area contributed by atoms with Gasteiger partial charge in [0.15, 0.2) is 11.6 Å². The minimum Gasteiger partial charge on any atom is -0.473 e. The Morgan fingerprint density at radius 2 is 1.85 bits per heavy atom. The minimum absolute atomic E-state index is 0.0907. The molecule has 2 aromatic heterocycles. The van der Waals surface area contributed by atoms with E-state index in [2.05, 4.69) is 15.2 Å². The van der Waals surface area contributed by atoms with E-state index in [4.69, 9.17) is 10.5 Å². The summed E-state index contributed by atoms with van der Waals surface area (Å²) in [5.41, 5.74) is 7.83. The Morgan fingerprint density at radius 3 is 2.48 bits per heavy atom. The summed E-state index contributed by atoms with van der Waals surface area (Å²) >= 11 is 0. The fraction of sp³-hybridized carbons (Fsp3) is 0.261. The zero-order valence-electron chi connectivity index (χ0n) is 18.3. The molecule has 4 rings (SSSR count). The summed E-state index contributed by atoms with van der Waals surface area (Å²) in [6.45, 7) is 5.04. The highest BCUT2D eigenvalue weighted by molar-refractivity contribution is 6.00. The number of amides is 1. The first-order valence-electron chi connectivity index (χ1n) is 10.5. The van der Waals surface area contributed by atoms with Crippen LogP contribution in [-0.2, 0) is 11.3 Å². The fourth-order valence-electron chi connectivity index (χ4n) is 3.57. The van der Waals surface area contributed by atoms with Crippen LogP contribution in [0.1, 0.15) is 30.0 Å². The Labute approximate surface area is 189 Å². The third kappa shape index (κ3) is 4.45. The maximum absolute atomic E-state index is 13.2. The van der Waals surface area contributed by atoms with E-state index in [0.29, 0.717) is 42.4 Å². The monoisotopic (exact) mass is 450 g/mol. The van der Waals surface area contributed by atoms with E-state index < -0.39 is 5.82 Å². The molecule has 170 valence electrons. The number of hydrogen-bond acceptors (Lipinski definition) is 7. The van der Waals surface area contributed by atoms with Crippen molar-refractivity contribution in [3.05, 3.63) is 65.4 Å². The smallest absolute Gasteiger partial charge is 0.291 e. The van der Waals surface area contributed by atoms with Gasteiger partial charge in [0.25, 0.3) is 5.91 Å². The van der Waals surface area contributed by atoms with Gasteiger partial charge in [-0.15, -0.1) is 10.2 Å². The van der Waals surface area contributed by atoms with Crippen LogP contribution in [0.3, 0.4) is 0 Å². The Hall–Kier alpha value is -4.08. The summed E-state index contributed by atoms with van der Waals surface area (Å²) in [5, 5.41) is 8.22. The van der Waals surface area contributed by atoms with Crippen molar-refractivity contribution < 1.29 is 18.7 Å². The summed E-state index contributed by atoms with van der Waals surface area (Å²) < 4.78 is 20.6. The lowest BCUT2D eigenvalue weighted by Gasteiger charge is -2.26. The van der Waals surface area contributed by atoms with E-state index in [-0.39, 0.29) is 35.4 Å². The molecule has 1 aromatic carbocycles. The predicted molar refractivity (Wildman–Crippen MR) is 119 cm³/mol. The average molecular weight is 450 g/mol. The molecule has 1 amide bonds. The first-order chi connectivity index (χ1) is 15.9. The van der Waals surface area contributed by atoms with Crippen LogP contribution in [0.4, 0.5) is 4.39 Å². The van der Waals surface area contributed by atoms with Crippen LogP contribution in [0, 0.1) is 5.82 Å². The number of pyridine rings is 1. The van der Waals surface area contributed by atoms with Crippen LogP contribution in [-0.4, -0.2) is 56.0 Å². The molecule has 0 bridgehead atoms. The molecule has 2 N–H and O–H groups in total. The van der Waals surface area contributed by atoms with Crippen LogP contribution < -0.4 is 10.5 Å². The van der Waals surface area contributed by atoms with Gasteiger partial charge >= 0.3 is 0 Å². The van der Waals surface area contributed by atoms with Gasteiger partial charge < -0.3 is 19.9 Å². The number of carbonyl (C=O) groups is 2. The van der Waals surface area contributed by atoms with Crippen LogP contribution >= 0.6 is 0 Å². The van der Waals surface area contributed by atoms with E-state index in [0.717, 1.165) is 0 Å². The number of benzene rings is 1.